The molecule has 0 unspecified atom stereocenters. The highest BCUT2D eigenvalue weighted by atomic mass is 16.5. The second kappa shape index (κ2) is 8.45. The monoisotopic (exact) mass is 359 g/mol. The maximum atomic E-state index is 12.1. The van der Waals surface area contributed by atoms with Crippen LogP contribution in [-0.4, -0.2) is 28.0 Å². The van der Waals surface area contributed by atoms with Gasteiger partial charge in [-0.25, -0.2) is 10.1 Å². The number of para-hydroxylation sites is 1. The van der Waals surface area contributed by atoms with Crippen LogP contribution < -0.4 is 10.2 Å². The van der Waals surface area contributed by atoms with Crippen LogP contribution in [0.1, 0.15) is 18.1 Å². The number of ether oxygens (including phenoxy) is 1. The quantitative estimate of drug-likeness (QED) is 0.541. The summed E-state index contributed by atoms with van der Waals surface area (Å²) < 4.78 is 7.25. The molecular formula is C20H17N5O2. The fourth-order valence-electron chi connectivity index (χ4n) is 2.25. The van der Waals surface area contributed by atoms with Crippen LogP contribution in [0.5, 0.6) is 5.75 Å². The molecule has 3 rings (SSSR count). The summed E-state index contributed by atoms with van der Waals surface area (Å²) in [6.45, 7) is 1.62. The van der Waals surface area contributed by atoms with Crippen LogP contribution >= 0.6 is 0 Å². The molecule has 0 aliphatic heterocycles. The molecule has 27 heavy (non-hydrogen) atoms. The molecule has 0 fully saturated rings. The molecule has 0 radical (unpaired) electrons. The molecule has 1 heterocycles. The van der Waals surface area contributed by atoms with Gasteiger partial charge in [0.25, 0.3) is 5.91 Å². The second-order valence-electron chi connectivity index (χ2n) is 5.68. The van der Waals surface area contributed by atoms with Crippen LogP contribution in [0.4, 0.5) is 0 Å². The van der Waals surface area contributed by atoms with E-state index in [9.17, 15) is 4.79 Å². The van der Waals surface area contributed by atoms with E-state index in [-0.39, 0.29) is 5.91 Å². The molecular weight excluding hydrogens is 342 g/mol. The number of hydrazone groups is 1. The normalized spacial score (nSPS) is 11.7. The molecule has 7 heteroatoms. The highest BCUT2D eigenvalue weighted by Gasteiger charge is 2.13. The van der Waals surface area contributed by atoms with Gasteiger partial charge < -0.3 is 4.74 Å². The van der Waals surface area contributed by atoms with Crippen molar-refractivity contribution in [1.82, 2.24) is 15.2 Å². The minimum atomic E-state index is -0.734. The standard InChI is InChI=1S/C20H17N5O2/c1-15(27-19-9-7-16(11-21)8-10-19)20(26)24-22-12-17-13-23-25(14-17)18-5-3-2-4-6-18/h2-10,12-15H,1H3,(H,24,26)/b22-12-/t15-/m1/s1. The Morgan fingerprint density at radius 2 is 2.00 bits per heavy atom. The molecule has 3 aromatic rings. The molecule has 0 saturated heterocycles. The van der Waals surface area contributed by atoms with Crippen molar-refractivity contribution in [3.05, 3.63) is 78.1 Å². The van der Waals surface area contributed by atoms with E-state index >= 15 is 0 Å². The lowest BCUT2D eigenvalue weighted by Gasteiger charge is -2.12. The van der Waals surface area contributed by atoms with Gasteiger partial charge in [0.15, 0.2) is 6.10 Å². The van der Waals surface area contributed by atoms with Gasteiger partial charge in [-0.1, -0.05) is 18.2 Å². The molecule has 1 aromatic heterocycles. The van der Waals surface area contributed by atoms with Crippen molar-refractivity contribution in [2.24, 2.45) is 5.10 Å². The molecule has 7 nitrogen and oxygen atoms in total. The summed E-state index contributed by atoms with van der Waals surface area (Å²) in [6, 6.07) is 18.2. The van der Waals surface area contributed by atoms with Gasteiger partial charge >= 0.3 is 0 Å². The number of hydrogen-bond donors (Lipinski definition) is 1. The van der Waals surface area contributed by atoms with Crippen LogP contribution in [0.25, 0.3) is 5.69 Å². The molecule has 134 valence electrons. The third-order valence-electron chi connectivity index (χ3n) is 3.68. The topological polar surface area (TPSA) is 92.3 Å². The number of aromatic nitrogens is 2. The summed E-state index contributed by atoms with van der Waals surface area (Å²) in [5, 5.41) is 17.0. The third-order valence-corrected chi connectivity index (χ3v) is 3.68. The number of rotatable bonds is 6. The Labute approximate surface area is 156 Å². The summed E-state index contributed by atoms with van der Waals surface area (Å²) in [4.78, 5) is 12.1. The Bertz CT molecular complexity index is 972. The Morgan fingerprint density at radius 1 is 1.26 bits per heavy atom. The minimum Gasteiger partial charge on any atom is -0.481 e. The first kappa shape index (κ1) is 17.9. The molecule has 0 aliphatic carbocycles. The van der Waals surface area contributed by atoms with Crippen LogP contribution in [0.2, 0.25) is 0 Å². The number of carbonyl (C=O) groups excluding carboxylic acids is 1. The van der Waals surface area contributed by atoms with E-state index in [2.05, 4.69) is 15.6 Å². The van der Waals surface area contributed by atoms with Gasteiger partial charge in [-0.2, -0.15) is 15.5 Å². The molecule has 1 N–H and O–H groups in total. The van der Waals surface area contributed by atoms with Crippen LogP contribution in [-0.2, 0) is 4.79 Å². The van der Waals surface area contributed by atoms with Crippen molar-refractivity contribution in [3.8, 4) is 17.5 Å². The van der Waals surface area contributed by atoms with Crippen molar-refractivity contribution < 1.29 is 9.53 Å². The summed E-state index contributed by atoms with van der Waals surface area (Å²) in [5.41, 5.74) is 4.65. The van der Waals surface area contributed by atoms with E-state index in [0.29, 0.717) is 11.3 Å². The first-order chi connectivity index (χ1) is 13.2. The fourth-order valence-corrected chi connectivity index (χ4v) is 2.25. The zero-order valence-electron chi connectivity index (χ0n) is 14.6. The van der Waals surface area contributed by atoms with Gasteiger partial charge in [0.1, 0.15) is 5.75 Å². The molecule has 0 saturated carbocycles. The fraction of sp³-hybridized carbons (Fsp3) is 0.100. The lowest BCUT2D eigenvalue weighted by Crippen LogP contribution is -2.33. The maximum absolute atomic E-state index is 12.1. The van der Waals surface area contributed by atoms with E-state index in [1.54, 1.807) is 42.1 Å². The van der Waals surface area contributed by atoms with Gasteiger partial charge in [0.05, 0.1) is 29.7 Å². The van der Waals surface area contributed by atoms with Crippen molar-refractivity contribution in [3.63, 3.8) is 0 Å². The van der Waals surface area contributed by atoms with Gasteiger partial charge in [-0.05, 0) is 43.3 Å². The lowest BCUT2D eigenvalue weighted by atomic mass is 10.2. The smallest absolute Gasteiger partial charge is 0.280 e. The Balaban J connectivity index is 1.53. The van der Waals surface area contributed by atoms with E-state index in [1.165, 1.54) is 6.21 Å². The van der Waals surface area contributed by atoms with Crippen LogP contribution in [0.3, 0.4) is 0 Å². The molecule has 0 aliphatic rings. The Kier molecular flexibility index (Phi) is 5.60. The molecule has 1 atom stereocenters. The summed E-state index contributed by atoms with van der Waals surface area (Å²) >= 11 is 0. The Hall–Kier alpha value is -3.92. The van der Waals surface area contributed by atoms with Crippen molar-refractivity contribution in [1.29, 1.82) is 5.26 Å². The predicted molar refractivity (Wildman–Crippen MR) is 101 cm³/mol. The summed E-state index contributed by atoms with van der Waals surface area (Å²) in [5.74, 6) is 0.121. The average molecular weight is 359 g/mol. The first-order valence-electron chi connectivity index (χ1n) is 8.25. The van der Waals surface area contributed by atoms with E-state index in [4.69, 9.17) is 10.00 Å². The van der Waals surface area contributed by atoms with Crippen LogP contribution in [0.15, 0.2) is 72.1 Å². The summed E-state index contributed by atoms with van der Waals surface area (Å²) in [6.07, 6.45) is 4.24. The number of hydrogen-bond acceptors (Lipinski definition) is 5. The molecule has 0 spiro atoms. The van der Waals surface area contributed by atoms with Gasteiger partial charge in [-0.15, -0.1) is 0 Å². The second-order valence-corrected chi connectivity index (χ2v) is 5.68. The van der Waals surface area contributed by atoms with Gasteiger partial charge in [-0.3, -0.25) is 4.79 Å². The van der Waals surface area contributed by atoms with Crippen molar-refractivity contribution >= 4 is 12.1 Å². The zero-order chi connectivity index (χ0) is 19.1. The minimum absolute atomic E-state index is 0.383. The third kappa shape index (κ3) is 4.80. The SMILES string of the molecule is C[C@@H](Oc1ccc(C#N)cc1)C(=O)N/N=C\c1cnn(-c2ccccc2)c1. The summed E-state index contributed by atoms with van der Waals surface area (Å²) in [7, 11) is 0. The highest BCUT2D eigenvalue weighted by Crippen LogP contribution is 2.13. The molecule has 2 aromatic carbocycles. The van der Waals surface area contributed by atoms with E-state index < -0.39 is 6.10 Å². The lowest BCUT2D eigenvalue weighted by molar-refractivity contribution is -0.127. The molecule has 1 amide bonds. The van der Waals surface area contributed by atoms with Gasteiger partial charge in [0.2, 0.25) is 0 Å². The zero-order valence-corrected chi connectivity index (χ0v) is 14.6. The van der Waals surface area contributed by atoms with Crippen molar-refractivity contribution in [2.75, 3.05) is 0 Å². The predicted octanol–water partition coefficient (Wildman–Crippen LogP) is 2.66. The first-order valence-corrected chi connectivity index (χ1v) is 8.25. The van der Waals surface area contributed by atoms with E-state index in [1.807, 2.05) is 42.6 Å². The van der Waals surface area contributed by atoms with E-state index in [0.717, 1.165) is 11.3 Å². The number of nitrogens with one attached hydrogen (secondary N) is 1. The Morgan fingerprint density at radius 3 is 2.70 bits per heavy atom. The number of nitriles is 1. The van der Waals surface area contributed by atoms with Crippen molar-refractivity contribution in [2.45, 2.75) is 13.0 Å². The average Bonchev–Trinajstić information content (AvgIpc) is 3.18. The molecule has 0 bridgehead atoms. The largest absolute Gasteiger partial charge is 0.481 e. The number of nitrogens with zero attached hydrogens (tertiary/aromatic N) is 4. The number of carbonyl (C=O) groups is 1. The number of benzene rings is 2. The number of amides is 1. The van der Waals surface area contributed by atoms with Crippen LogP contribution in [0, 0.1) is 11.3 Å². The highest BCUT2D eigenvalue weighted by molar-refractivity contribution is 5.84. The van der Waals surface area contributed by atoms with Gasteiger partial charge in [0, 0.05) is 11.8 Å². The maximum Gasteiger partial charge on any atom is 0.280 e.